The highest BCUT2D eigenvalue weighted by molar-refractivity contribution is 9.10. The Labute approximate surface area is 120 Å². The molecule has 0 atom stereocenters. The smallest absolute Gasteiger partial charge is 0.338 e. The SMILES string of the molecule is O=C(O)c1ccnc(Oc2ccc(Cl)cc2Br)c1F. The minimum Gasteiger partial charge on any atom is -0.478 e. The number of carboxylic acids is 1. The van der Waals surface area contributed by atoms with Gasteiger partial charge in [-0.25, -0.2) is 14.2 Å². The maximum Gasteiger partial charge on any atom is 0.338 e. The molecule has 0 aliphatic heterocycles. The molecule has 0 aliphatic carbocycles. The summed E-state index contributed by atoms with van der Waals surface area (Å²) in [5.74, 6) is -2.56. The van der Waals surface area contributed by atoms with Gasteiger partial charge in [-0.2, -0.15) is 0 Å². The van der Waals surface area contributed by atoms with E-state index in [1.807, 2.05) is 0 Å². The van der Waals surface area contributed by atoms with Gasteiger partial charge in [-0.3, -0.25) is 0 Å². The highest BCUT2D eigenvalue weighted by Gasteiger charge is 2.17. The molecule has 19 heavy (non-hydrogen) atoms. The number of nitrogens with zero attached hydrogens (tertiary/aromatic N) is 1. The summed E-state index contributed by atoms with van der Waals surface area (Å²) in [6.45, 7) is 0. The molecule has 7 heteroatoms. The van der Waals surface area contributed by atoms with Crippen molar-refractivity contribution >= 4 is 33.5 Å². The molecule has 0 saturated carbocycles. The van der Waals surface area contributed by atoms with Crippen molar-refractivity contribution in [3.05, 3.63) is 51.3 Å². The summed E-state index contributed by atoms with van der Waals surface area (Å²) in [6, 6.07) is 5.69. The van der Waals surface area contributed by atoms with Gasteiger partial charge in [-0.15, -0.1) is 0 Å². The van der Waals surface area contributed by atoms with Crippen molar-refractivity contribution in [3.63, 3.8) is 0 Å². The minimum absolute atomic E-state index is 0.276. The third-order valence-electron chi connectivity index (χ3n) is 2.19. The zero-order valence-electron chi connectivity index (χ0n) is 9.23. The summed E-state index contributed by atoms with van der Waals surface area (Å²) in [5.41, 5.74) is -0.505. The van der Waals surface area contributed by atoms with E-state index in [2.05, 4.69) is 20.9 Å². The van der Waals surface area contributed by atoms with Crippen LogP contribution in [0.5, 0.6) is 11.6 Å². The van der Waals surface area contributed by atoms with Gasteiger partial charge in [0.2, 0.25) is 0 Å². The van der Waals surface area contributed by atoms with Crippen LogP contribution in [0.4, 0.5) is 4.39 Å². The summed E-state index contributed by atoms with van der Waals surface area (Å²) in [5, 5.41) is 9.28. The maximum atomic E-state index is 13.8. The Morgan fingerprint density at radius 2 is 2.16 bits per heavy atom. The quantitative estimate of drug-likeness (QED) is 0.908. The molecule has 1 aromatic carbocycles. The van der Waals surface area contributed by atoms with Crippen LogP contribution in [-0.4, -0.2) is 16.1 Å². The molecule has 0 fully saturated rings. The molecular formula is C12H6BrClFNO3. The lowest BCUT2D eigenvalue weighted by molar-refractivity contribution is 0.0690. The van der Waals surface area contributed by atoms with Crippen molar-refractivity contribution in [2.24, 2.45) is 0 Å². The second-order valence-electron chi connectivity index (χ2n) is 3.46. The van der Waals surface area contributed by atoms with Crippen molar-refractivity contribution in [1.29, 1.82) is 0 Å². The van der Waals surface area contributed by atoms with Gasteiger partial charge in [0.1, 0.15) is 11.3 Å². The van der Waals surface area contributed by atoms with Crippen LogP contribution in [0.1, 0.15) is 10.4 Å². The van der Waals surface area contributed by atoms with E-state index in [-0.39, 0.29) is 5.75 Å². The zero-order valence-corrected chi connectivity index (χ0v) is 11.6. The first-order chi connectivity index (χ1) is 8.99. The molecule has 0 spiro atoms. The van der Waals surface area contributed by atoms with Crippen molar-refractivity contribution in [2.45, 2.75) is 0 Å². The van der Waals surface area contributed by atoms with Crippen LogP contribution in [0.3, 0.4) is 0 Å². The van der Waals surface area contributed by atoms with Gasteiger partial charge in [0.05, 0.1) is 4.47 Å². The van der Waals surface area contributed by atoms with Crippen LogP contribution >= 0.6 is 27.5 Å². The number of aromatic carboxylic acids is 1. The molecule has 0 radical (unpaired) electrons. The van der Waals surface area contributed by atoms with Gasteiger partial charge in [-0.05, 0) is 40.2 Å². The predicted molar refractivity (Wildman–Crippen MR) is 70.4 cm³/mol. The number of benzene rings is 1. The molecule has 0 saturated heterocycles. The number of hydrogen-bond acceptors (Lipinski definition) is 3. The molecule has 98 valence electrons. The molecule has 0 amide bonds. The van der Waals surface area contributed by atoms with E-state index in [0.717, 1.165) is 12.3 Å². The van der Waals surface area contributed by atoms with E-state index in [1.165, 1.54) is 6.07 Å². The van der Waals surface area contributed by atoms with E-state index in [9.17, 15) is 9.18 Å². The second-order valence-corrected chi connectivity index (χ2v) is 4.75. The van der Waals surface area contributed by atoms with Crippen molar-refractivity contribution < 1.29 is 19.0 Å². The minimum atomic E-state index is -1.39. The first-order valence-electron chi connectivity index (χ1n) is 4.99. The normalized spacial score (nSPS) is 10.3. The van der Waals surface area contributed by atoms with E-state index >= 15 is 0 Å². The van der Waals surface area contributed by atoms with Crippen LogP contribution < -0.4 is 4.74 Å². The standard InChI is InChI=1S/C12H6BrClFNO3/c13-8-5-6(14)1-2-9(8)19-11-10(15)7(12(17)18)3-4-16-11/h1-5H,(H,17,18). The molecular weight excluding hydrogens is 340 g/mol. The molecule has 0 unspecified atom stereocenters. The third-order valence-corrected chi connectivity index (χ3v) is 3.04. The molecule has 0 bridgehead atoms. The van der Waals surface area contributed by atoms with Crippen LogP contribution in [0, 0.1) is 5.82 Å². The molecule has 2 rings (SSSR count). The third kappa shape index (κ3) is 3.02. The van der Waals surface area contributed by atoms with E-state index in [4.69, 9.17) is 21.4 Å². The number of rotatable bonds is 3. The number of hydrogen-bond donors (Lipinski definition) is 1. The number of ether oxygens (including phenoxy) is 1. The maximum absolute atomic E-state index is 13.8. The van der Waals surface area contributed by atoms with Crippen molar-refractivity contribution in [3.8, 4) is 11.6 Å². The van der Waals surface area contributed by atoms with Gasteiger partial charge in [0, 0.05) is 11.2 Å². The van der Waals surface area contributed by atoms with E-state index < -0.39 is 23.2 Å². The molecule has 4 nitrogen and oxygen atoms in total. The summed E-state index contributed by atoms with van der Waals surface area (Å²) >= 11 is 8.97. The summed E-state index contributed by atoms with van der Waals surface area (Å²) in [7, 11) is 0. The number of pyridine rings is 1. The molecule has 1 heterocycles. The van der Waals surface area contributed by atoms with Crippen molar-refractivity contribution in [1.82, 2.24) is 4.98 Å². The zero-order chi connectivity index (χ0) is 14.0. The Balaban J connectivity index is 2.38. The number of aromatic nitrogens is 1. The van der Waals surface area contributed by atoms with Gasteiger partial charge < -0.3 is 9.84 Å². The van der Waals surface area contributed by atoms with Crippen LogP contribution in [-0.2, 0) is 0 Å². The summed E-state index contributed by atoms with van der Waals surface area (Å²) in [6.07, 6.45) is 1.16. The first-order valence-corrected chi connectivity index (χ1v) is 6.17. The highest BCUT2D eigenvalue weighted by Crippen LogP contribution is 2.32. The Kier molecular flexibility index (Phi) is 4.01. The molecule has 0 aliphatic rings. The average Bonchev–Trinajstić information content (AvgIpc) is 2.34. The monoisotopic (exact) mass is 345 g/mol. The first kappa shape index (κ1) is 13.8. The van der Waals surface area contributed by atoms with E-state index in [1.54, 1.807) is 12.1 Å². The summed E-state index contributed by atoms with van der Waals surface area (Å²) in [4.78, 5) is 14.5. The van der Waals surface area contributed by atoms with Crippen LogP contribution in [0.15, 0.2) is 34.9 Å². The predicted octanol–water partition coefficient (Wildman–Crippen LogP) is 4.13. The molecule has 1 N–H and O–H groups in total. The number of carboxylic acid groups (broad SMARTS) is 1. The largest absolute Gasteiger partial charge is 0.478 e. The van der Waals surface area contributed by atoms with Crippen molar-refractivity contribution in [2.75, 3.05) is 0 Å². The number of carbonyl (C=O) groups is 1. The molecule has 1 aromatic heterocycles. The lowest BCUT2D eigenvalue weighted by Crippen LogP contribution is -2.03. The fourth-order valence-electron chi connectivity index (χ4n) is 1.32. The second kappa shape index (κ2) is 5.54. The lowest BCUT2D eigenvalue weighted by atomic mass is 10.2. The highest BCUT2D eigenvalue weighted by atomic mass is 79.9. The van der Waals surface area contributed by atoms with Crippen LogP contribution in [0.2, 0.25) is 5.02 Å². The fraction of sp³-hybridized carbons (Fsp3) is 0. The lowest BCUT2D eigenvalue weighted by Gasteiger charge is -2.08. The Morgan fingerprint density at radius 3 is 2.79 bits per heavy atom. The Morgan fingerprint density at radius 1 is 1.42 bits per heavy atom. The Hall–Kier alpha value is -1.66. The topological polar surface area (TPSA) is 59.4 Å². The van der Waals surface area contributed by atoms with Gasteiger partial charge in [-0.1, -0.05) is 11.6 Å². The fourth-order valence-corrected chi connectivity index (χ4v) is 2.09. The van der Waals surface area contributed by atoms with Gasteiger partial charge >= 0.3 is 5.97 Å². The van der Waals surface area contributed by atoms with E-state index in [0.29, 0.717) is 9.50 Å². The summed E-state index contributed by atoms with van der Waals surface area (Å²) < 4.78 is 19.5. The average molecular weight is 347 g/mol. The Bertz CT molecular complexity index is 651. The molecule has 2 aromatic rings. The van der Waals surface area contributed by atoms with Crippen LogP contribution in [0.25, 0.3) is 0 Å². The number of halogens is 3. The van der Waals surface area contributed by atoms with Gasteiger partial charge in [0.15, 0.2) is 5.82 Å². The van der Waals surface area contributed by atoms with Gasteiger partial charge in [0.25, 0.3) is 5.88 Å².